The van der Waals surface area contributed by atoms with E-state index in [1.165, 1.54) is 6.08 Å². The summed E-state index contributed by atoms with van der Waals surface area (Å²) in [5.41, 5.74) is -4.30. The molecule has 0 aliphatic rings. The number of alkyl halides is 3. The second-order valence-corrected chi connectivity index (χ2v) is 3.66. The normalized spacial score (nSPS) is 10.9. The van der Waals surface area contributed by atoms with Gasteiger partial charge >= 0.3 is 18.2 Å². The van der Waals surface area contributed by atoms with Crippen molar-refractivity contribution < 1.29 is 37.0 Å². The van der Waals surface area contributed by atoms with E-state index in [-0.39, 0.29) is 6.61 Å². The SMILES string of the molecule is C=CCOC(=O)Nc1ccc(F)c(C(=O)O)c1C(F)(F)F. The average molecular weight is 307 g/mol. The van der Waals surface area contributed by atoms with Crippen molar-refractivity contribution >= 4 is 17.7 Å². The molecule has 0 atom stereocenters. The Bertz CT molecular complexity index is 583. The lowest BCUT2D eigenvalue weighted by Crippen LogP contribution is -2.21. The number of benzene rings is 1. The van der Waals surface area contributed by atoms with Gasteiger partial charge in [0.2, 0.25) is 0 Å². The second-order valence-electron chi connectivity index (χ2n) is 3.66. The number of nitrogens with one attached hydrogen (secondary N) is 1. The van der Waals surface area contributed by atoms with Crippen molar-refractivity contribution in [1.82, 2.24) is 0 Å². The van der Waals surface area contributed by atoms with E-state index < -0.39 is 40.9 Å². The monoisotopic (exact) mass is 307 g/mol. The molecule has 1 aromatic carbocycles. The summed E-state index contributed by atoms with van der Waals surface area (Å²) in [6.45, 7) is 2.97. The van der Waals surface area contributed by atoms with Crippen molar-refractivity contribution in [1.29, 1.82) is 0 Å². The number of hydrogen-bond acceptors (Lipinski definition) is 3. The Morgan fingerprint density at radius 2 is 2.00 bits per heavy atom. The number of amides is 1. The van der Waals surface area contributed by atoms with Gasteiger partial charge in [-0.15, -0.1) is 0 Å². The van der Waals surface area contributed by atoms with Crippen LogP contribution < -0.4 is 5.32 Å². The molecule has 0 aliphatic heterocycles. The summed E-state index contributed by atoms with van der Waals surface area (Å²) in [5.74, 6) is -3.68. The Labute approximate surface area is 115 Å². The Morgan fingerprint density at radius 3 is 2.48 bits per heavy atom. The van der Waals surface area contributed by atoms with Gasteiger partial charge in [0.25, 0.3) is 0 Å². The first-order chi connectivity index (χ1) is 9.68. The topological polar surface area (TPSA) is 75.6 Å². The zero-order chi connectivity index (χ0) is 16.2. The molecule has 0 bridgehead atoms. The van der Waals surface area contributed by atoms with Gasteiger partial charge in [0, 0.05) is 0 Å². The van der Waals surface area contributed by atoms with E-state index in [4.69, 9.17) is 5.11 Å². The smallest absolute Gasteiger partial charge is 0.419 e. The minimum Gasteiger partial charge on any atom is -0.478 e. The molecule has 0 saturated carbocycles. The molecule has 0 fully saturated rings. The minimum atomic E-state index is -5.18. The lowest BCUT2D eigenvalue weighted by atomic mass is 10.0. The zero-order valence-electron chi connectivity index (χ0n) is 10.3. The largest absolute Gasteiger partial charge is 0.478 e. The molecule has 2 N–H and O–H groups in total. The first kappa shape index (κ1) is 16.5. The molecule has 1 amide bonds. The van der Waals surface area contributed by atoms with E-state index in [1.807, 2.05) is 0 Å². The number of carboxylic acid groups (broad SMARTS) is 1. The highest BCUT2D eigenvalue weighted by Gasteiger charge is 2.40. The molecule has 0 spiro atoms. The summed E-state index contributed by atoms with van der Waals surface area (Å²) in [6, 6.07) is 1.10. The number of halogens is 4. The molecule has 0 aromatic heterocycles. The number of rotatable bonds is 4. The van der Waals surface area contributed by atoms with Crippen LogP contribution in [-0.4, -0.2) is 23.8 Å². The van der Waals surface area contributed by atoms with Crippen LogP contribution in [0, 0.1) is 5.82 Å². The van der Waals surface area contributed by atoms with Crippen molar-refractivity contribution in [2.45, 2.75) is 6.18 Å². The van der Waals surface area contributed by atoms with Gasteiger partial charge in [-0.25, -0.2) is 14.0 Å². The van der Waals surface area contributed by atoms with Crippen LogP contribution in [0.1, 0.15) is 15.9 Å². The number of carboxylic acids is 1. The molecular formula is C12H9F4NO4. The van der Waals surface area contributed by atoms with Crippen LogP contribution in [0.5, 0.6) is 0 Å². The third kappa shape index (κ3) is 3.94. The molecule has 1 rings (SSSR count). The van der Waals surface area contributed by atoms with Gasteiger partial charge in [0.1, 0.15) is 18.0 Å². The third-order valence-corrected chi connectivity index (χ3v) is 2.22. The third-order valence-electron chi connectivity index (χ3n) is 2.22. The highest BCUT2D eigenvalue weighted by atomic mass is 19.4. The van der Waals surface area contributed by atoms with Crippen LogP contribution in [0.3, 0.4) is 0 Å². The maximum absolute atomic E-state index is 13.3. The highest BCUT2D eigenvalue weighted by Crippen LogP contribution is 2.38. The van der Waals surface area contributed by atoms with Gasteiger partial charge in [-0.1, -0.05) is 12.7 Å². The van der Waals surface area contributed by atoms with E-state index in [1.54, 1.807) is 5.32 Å². The standard InChI is InChI=1S/C12H9F4NO4/c1-2-5-21-11(20)17-7-4-3-6(13)8(10(18)19)9(7)12(14,15)16/h2-4H,1,5H2,(H,17,20)(H,18,19). The maximum Gasteiger partial charge on any atom is 0.419 e. The fraction of sp³-hybridized carbons (Fsp3) is 0.167. The van der Waals surface area contributed by atoms with Crippen molar-refractivity contribution in [3.05, 3.63) is 41.7 Å². The fourth-order valence-corrected chi connectivity index (χ4v) is 1.47. The molecule has 21 heavy (non-hydrogen) atoms. The van der Waals surface area contributed by atoms with Crippen LogP contribution in [0.25, 0.3) is 0 Å². The predicted molar refractivity (Wildman–Crippen MR) is 63.5 cm³/mol. The summed E-state index contributed by atoms with van der Waals surface area (Å²) in [6.07, 6.45) is -5.27. The molecular weight excluding hydrogens is 298 g/mol. The predicted octanol–water partition coefficient (Wildman–Crippen LogP) is 3.28. The van der Waals surface area contributed by atoms with Gasteiger partial charge < -0.3 is 9.84 Å². The van der Waals surface area contributed by atoms with Gasteiger partial charge in [-0.2, -0.15) is 13.2 Å². The second kappa shape index (κ2) is 6.25. The van der Waals surface area contributed by atoms with E-state index in [0.29, 0.717) is 12.1 Å². The molecule has 0 radical (unpaired) electrons. The van der Waals surface area contributed by atoms with Gasteiger partial charge in [0.15, 0.2) is 0 Å². The van der Waals surface area contributed by atoms with E-state index in [9.17, 15) is 27.2 Å². The van der Waals surface area contributed by atoms with Crippen LogP contribution in [0.4, 0.5) is 28.0 Å². The first-order valence-corrected chi connectivity index (χ1v) is 5.36. The van der Waals surface area contributed by atoms with E-state index in [0.717, 1.165) is 0 Å². The quantitative estimate of drug-likeness (QED) is 0.661. The molecule has 0 saturated heterocycles. The molecule has 0 unspecified atom stereocenters. The lowest BCUT2D eigenvalue weighted by Gasteiger charge is -2.16. The number of carbonyl (C=O) groups excluding carboxylic acids is 1. The molecule has 1 aromatic rings. The molecule has 114 valence electrons. The number of ether oxygens (including phenoxy) is 1. The first-order valence-electron chi connectivity index (χ1n) is 5.36. The Balaban J connectivity index is 3.32. The maximum atomic E-state index is 13.3. The van der Waals surface area contributed by atoms with Gasteiger partial charge in [-0.3, -0.25) is 5.32 Å². The highest BCUT2D eigenvalue weighted by molar-refractivity contribution is 5.94. The van der Waals surface area contributed by atoms with Crippen molar-refractivity contribution in [3.8, 4) is 0 Å². The summed E-state index contributed by atoms with van der Waals surface area (Å²) < 4.78 is 56.5. The zero-order valence-corrected chi connectivity index (χ0v) is 10.3. The van der Waals surface area contributed by atoms with Gasteiger partial charge in [0.05, 0.1) is 11.3 Å². The molecule has 0 heterocycles. The Kier molecular flexibility index (Phi) is 4.90. The van der Waals surface area contributed by atoms with Crippen LogP contribution in [-0.2, 0) is 10.9 Å². The number of carbonyl (C=O) groups is 2. The van der Waals surface area contributed by atoms with Crippen molar-refractivity contribution in [3.63, 3.8) is 0 Å². The molecule has 5 nitrogen and oxygen atoms in total. The summed E-state index contributed by atoms with van der Waals surface area (Å²) in [4.78, 5) is 22.0. The Hall–Kier alpha value is -2.58. The van der Waals surface area contributed by atoms with Crippen LogP contribution in [0.15, 0.2) is 24.8 Å². The lowest BCUT2D eigenvalue weighted by molar-refractivity contribution is -0.137. The Morgan fingerprint density at radius 1 is 1.38 bits per heavy atom. The molecule has 0 aliphatic carbocycles. The summed E-state index contributed by atoms with van der Waals surface area (Å²) in [7, 11) is 0. The van der Waals surface area contributed by atoms with Crippen LogP contribution >= 0.6 is 0 Å². The average Bonchev–Trinajstić information content (AvgIpc) is 2.36. The number of anilines is 1. The van der Waals surface area contributed by atoms with E-state index in [2.05, 4.69) is 11.3 Å². The van der Waals surface area contributed by atoms with Gasteiger partial charge in [-0.05, 0) is 12.1 Å². The summed E-state index contributed by atoms with van der Waals surface area (Å²) >= 11 is 0. The van der Waals surface area contributed by atoms with Crippen LogP contribution in [0.2, 0.25) is 0 Å². The van der Waals surface area contributed by atoms with Crippen molar-refractivity contribution in [2.24, 2.45) is 0 Å². The fourth-order valence-electron chi connectivity index (χ4n) is 1.47. The van der Waals surface area contributed by atoms with E-state index >= 15 is 0 Å². The number of hydrogen-bond donors (Lipinski definition) is 2. The summed E-state index contributed by atoms with van der Waals surface area (Å²) in [5, 5.41) is 10.4. The number of aromatic carboxylic acids is 1. The van der Waals surface area contributed by atoms with Crippen molar-refractivity contribution in [2.75, 3.05) is 11.9 Å². The molecule has 9 heteroatoms. The minimum absolute atomic E-state index is 0.264.